The predicted octanol–water partition coefficient (Wildman–Crippen LogP) is 4.58. The first kappa shape index (κ1) is 16.2. The maximum Gasteiger partial charge on any atom is 0.198 e. The summed E-state index contributed by atoms with van der Waals surface area (Å²) in [6.45, 7) is 2.24. The van der Waals surface area contributed by atoms with E-state index in [1.165, 1.54) is 4.68 Å². The molecule has 0 spiro atoms. The quantitative estimate of drug-likeness (QED) is 0.397. The van der Waals surface area contributed by atoms with E-state index in [1.54, 1.807) is 24.3 Å². The number of halogens is 4. The van der Waals surface area contributed by atoms with Gasteiger partial charge in [0.1, 0.15) is 0 Å². The number of benzene rings is 2. The number of aromatic nitrogens is 3. The molecular weight excluding hydrogens is 322 g/mol. The van der Waals surface area contributed by atoms with Crippen LogP contribution in [0, 0.1) is 23.3 Å². The third-order valence-corrected chi connectivity index (χ3v) is 3.48. The van der Waals surface area contributed by atoms with Crippen molar-refractivity contribution < 1.29 is 17.6 Å². The highest BCUT2D eigenvalue weighted by molar-refractivity contribution is 5.62. The van der Waals surface area contributed by atoms with Gasteiger partial charge in [-0.25, -0.2) is 27.2 Å². The Morgan fingerprint density at radius 1 is 0.958 bits per heavy atom. The van der Waals surface area contributed by atoms with Crippen LogP contribution in [0.1, 0.15) is 13.3 Å². The molecule has 1 aromatic heterocycles. The minimum atomic E-state index is -1.86. The van der Waals surface area contributed by atoms with Crippen molar-refractivity contribution in [3.05, 3.63) is 59.7 Å². The van der Waals surface area contributed by atoms with Gasteiger partial charge in [0.25, 0.3) is 0 Å². The van der Waals surface area contributed by atoms with Crippen LogP contribution in [-0.4, -0.2) is 14.8 Å². The van der Waals surface area contributed by atoms with Gasteiger partial charge in [0, 0.05) is 12.1 Å². The van der Waals surface area contributed by atoms with E-state index in [0.29, 0.717) is 30.4 Å². The Kier molecular flexibility index (Phi) is 4.33. The first-order valence-corrected chi connectivity index (χ1v) is 7.36. The van der Waals surface area contributed by atoms with E-state index in [0.717, 1.165) is 0 Å². The van der Waals surface area contributed by atoms with Crippen LogP contribution < -0.4 is 0 Å². The van der Waals surface area contributed by atoms with Gasteiger partial charge in [-0.1, -0.05) is 37.3 Å². The van der Waals surface area contributed by atoms with Crippen molar-refractivity contribution in [3.63, 3.8) is 0 Å². The molecule has 0 aliphatic rings. The third kappa shape index (κ3) is 2.77. The predicted molar refractivity (Wildman–Crippen MR) is 81.0 cm³/mol. The molecule has 3 aromatic rings. The molecule has 124 valence electrons. The fourth-order valence-electron chi connectivity index (χ4n) is 2.35. The fourth-order valence-corrected chi connectivity index (χ4v) is 2.35. The highest BCUT2D eigenvalue weighted by atomic mass is 19.2. The van der Waals surface area contributed by atoms with Gasteiger partial charge in [-0.3, -0.25) is 0 Å². The van der Waals surface area contributed by atoms with Crippen molar-refractivity contribution in [1.29, 1.82) is 0 Å². The van der Waals surface area contributed by atoms with Gasteiger partial charge in [-0.2, -0.15) is 5.10 Å². The molecule has 0 amide bonds. The average Bonchev–Trinajstić information content (AvgIpc) is 3.01. The largest absolute Gasteiger partial charge is 0.245 e. The van der Waals surface area contributed by atoms with E-state index in [1.807, 2.05) is 13.0 Å². The second-order valence-corrected chi connectivity index (χ2v) is 5.20. The molecule has 24 heavy (non-hydrogen) atoms. The minimum Gasteiger partial charge on any atom is -0.245 e. The molecule has 0 radical (unpaired) electrons. The highest BCUT2D eigenvalue weighted by Gasteiger charge is 2.24. The molecule has 0 aliphatic heterocycles. The molecule has 0 saturated carbocycles. The summed E-state index contributed by atoms with van der Waals surface area (Å²) >= 11 is 0. The molecule has 1 heterocycles. The summed E-state index contributed by atoms with van der Waals surface area (Å²) in [6.07, 6.45) is 0.651. The summed E-state index contributed by atoms with van der Waals surface area (Å²) in [7, 11) is 0. The topological polar surface area (TPSA) is 30.7 Å². The van der Waals surface area contributed by atoms with E-state index in [4.69, 9.17) is 0 Å². The Morgan fingerprint density at radius 3 is 2.33 bits per heavy atom. The van der Waals surface area contributed by atoms with Crippen LogP contribution in [0.25, 0.3) is 22.8 Å². The lowest BCUT2D eigenvalue weighted by molar-refractivity contribution is 0.410. The Labute approximate surface area is 135 Å². The van der Waals surface area contributed by atoms with E-state index in [-0.39, 0.29) is 5.82 Å². The zero-order chi connectivity index (χ0) is 17.3. The van der Waals surface area contributed by atoms with Crippen LogP contribution in [0.2, 0.25) is 0 Å². The Bertz CT molecular complexity index is 875. The first-order valence-electron chi connectivity index (χ1n) is 7.36. The van der Waals surface area contributed by atoms with Gasteiger partial charge >= 0.3 is 0 Å². The number of hydrogen-bond donors (Lipinski definition) is 0. The molecule has 0 N–H and O–H groups in total. The summed E-state index contributed by atoms with van der Waals surface area (Å²) in [5.41, 5.74) is 0.214. The van der Waals surface area contributed by atoms with Gasteiger partial charge in [-0.15, -0.1) is 0 Å². The second-order valence-electron chi connectivity index (χ2n) is 5.20. The summed E-state index contributed by atoms with van der Waals surface area (Å²) in [6, 6.07) is 9.51. The summed E-state index contributed by atoms with van der Waals surface area (Å²) in [5, 5.41) is 4.27. The van der Waals surface area contributed by atoms with Crippen molar-refractivity contribution in [1.82, 2.24) is 14.8 Å². The van der Waals surface area contributed by atoms with Crippen LogP contribution in [-0.2, 0) is 6.54 Å². The maximum atomic E-state index is 14.1. The van der Waals surface area contributed by atoms with Crippen LogP contribution in [0.5, 0.6) is 0 Å². The van der Waals surface area contributed by atoms with E-state index >= 15 is 0 Å². The fraction of sp³-hybridized carbons (Fsp3) is 0.176. The summed E-state index contributed by atoms with van der Waals surface area (Å²) < 4.78 is 55.7. The van der Waals surface area contributed by atoms with Crippen molar-refractivity contribution in [2.75, 3.05) is 0 Å². The third-order valence-electron chi connectivity index (χ3n) is 3.48. The number of aryl methyl sites for hydroxylation is 1. The first-order chi connectivity index (χ1) is 11.5. The SMILES string of the molecule is CCCn1nc(-c2ccccc2)nc1-c1cc(F)c(F)c(F)c1F. The zero-order valence-corrected chi connectivity index (χ0v) is 12.7. The molecule has 0 saturated heterocycles. The number of hydrogen-bond acceptors (Lipinski definition) is 2. The van der Waals surface area contributed by atoms with Crippen LogP contribution in [0.15, 0.2) is 36.4 Å². The Hall–Kier alpha value is -2.70. The average molecular weight is 335 g/mol. The van der Waals surface area contributed by atoms with E-state index in [2.05, 4.69) is 10.1 Å². The number of nitrogens with zero attached hydrogens (tertiary/aromatic N) is 3. The maximum absolute atomic E-state index is 14.1. The van der Waals surface area contributed by atoms with Crippen molar-refractivity contribution in [2.24, 2.45) is 0 Å². The normalized spacial score (nSPS) is 11.0. The molecule has 0 fully saturated rings. The number of rotatable bonds is 4. The van der Waals surface area contributed by atoms with Gasteiger partial charge in [-0.05, 0) is 12.5 Å². The molecular formula is C17H13F4N3. The molecule has 0 atom stereocenters. The van der Waals surface area contributed by atoms with E-state index in [9.17, 15) is 17.6 Å². The minimum absolute atomic E-state index is 0.0500. The lowest BCUT2D eigenvalue weighted by atomic mass is 10.1. The van der Waals surface area contributed by atoms with E-state index < -0.39 is 28.8 Å². The van der Waals surface area contributed by atoms with Crippen molar-refractivity contribution >= 4 is 0 Å². The Balaban J connectivity index is 2.19. The van der Waals surface area contributed by atoms with Gasteiger partial charge in [0.05, 0.1) is 5.56 Å². The van der Waals surface area contributed by atoms with Crippen LogP contribution in [0.3, 0.4) is 0 Å². The van der Waals surface area contributed by atoms with Gasteiger partial charge < -0.3 is 0 Å². The summed E-state index contributed by atoms with van der Waals surface area (Å²) in [4.78, 5) is 4.20. The summed E-state index contributed by atoms with van der Waals surface area (Å²) in [5.74, 6) is -6.43. The molecule has 0 unspecified atom stereocenters. The van der Waals surface area contributed by atoms with Crippen molar-refractivity contribution in [3.8, 4) is 22.8 Å². The van der Waals surface area contributed by atoms with Gasteiger partial charge in [0.15, 0.2) is 34.9 Å². The lowest BCUT2D eigenvalue weighted by Gasteiger charge is -2.07. The lowest BCUT2D eigenvalue weighted by Crippen LogP contribution is -2.06. The molecule has 0 bridgehead atoms. The standard InChI is InChI=1S/C17H13F4N3/c1-2-8-24-17(11-9-12(18)14(20)15(21)13(11)19)22-16(23-24)10-6-4-3-5-7-10/h3-7,9H,2,8H2,1H3. The molecule has 0 aliphatic carbocycles. The van der Waals surface area contributed by atoms with Crippen LogP contribution >= 0.6 is 0 Å². The van der Waals surface area contributed by atoms with Gasteiger partial charge in [0.2, 0.25) is 0 Å². The smallest absolute Gasteiger partial charge is 0.198 e. The van der Waals surface area contributed by atoms with Crippen LogP contribution in [0.4, 0.5) is 17.6 Å². The molecule has 3 nitrogen and oxygen atoms in total. The molecule has 3 rings (SSSR count). The Morgan fingerprint density at radius 2 is 1.67 bits per heavy atom. The monoisotopic (exact) mass is 335 g/mol. The zero-order valence-electron chi connectivity index (χ0n) is 12.7. The second kappa shape index (κ2) is 6.43. The molecule has 2 aromatic carbocycles. The van der Waals surface area contributed by atoms with Crippen molar-refractivity contribution in [2.45, 2.75) is 19.9 Å². The highest BCUT2D eigenvalue weighted by Crippen LogP contribution is 2.28. The molecule has 7 heteroatoms.